The maximum absolute atomic E-state index is 4.35. The van der Waals surface area contributed by atoms with Crippen molar-refractivity contribution in [2.24, 2.45) is 10.9 Å². The molecule has 0 rings (SSSR count). The molecule has 64 valence electrons. The first-order valence-electron chi connectivity index (χ1n) is 4.04. The zero-order valence-corrected chi connectivity index (χ0v) is 7.89. The second kappa shape index (κ2) is 6.10. The van der Waals surface area contributed by atoms with Gasteiger partial charge >= 0.3 is 0 Å². The summed E-state index contributed by atoms with van der Waals surface area (Å²) in [5.41, 5.74) is 1.15. The van der Waals surface area contributed by atoms with Crippen molar-refractivity contribution in [3.8, 4) is 0 Å². The van der Waals surface area contributed by atoms with Crippen molar-refractivity contribution in [2.75, 3.05) is 13.7 Å². The zero-order chi connectivity index (χ0) is 8.69. The van der Waals surface area contributed by atoms with Gasteiger partial charge < -0.3 is 5.32 Å². The lowest BCUT2D eigenvalue weighted by atomic mass is 10.1. The van der Waals surface area contributed by atoms with Gasteiger partial charge in [-0.25, -0.2) is 0 Å². The summed E-state index contributed by atoms with van der Waals surface area (Å²) < 4.78 is 0. The zero-order valence-electron chi connectivity index (χ0n) is 7.89. The van der Waals surface area contributed by atoms with E-state index in [1.54, 1.807) is 0 Å². The minimum atomic E-state index is 0.513. The molecule has 0 saturated carbocycles. The molecule has 2 nitrogen and oxygen atoms in total. The Bertz CT molecular complexity index is 146. The van der Waals surface area contributed by atoms with Gasteiger partial charge in [-0.2, -0.15) is 0 Å². The average Bonchev–Trinajstić information content (AvgIpc) is 1.97. The molecule has 0 amide bonds. The molecule has 0 saturated heterocycles. The highest BCUT2D eigenvalue weighted by Crippen LogP contribution is 1.98. The fourth-order valence-corrected chi connectivity index (χ4v) is 0.769. The standard InChI is InChI=1S/C9H18N2/c1-5-6-9(8(2)3)11-7-10-4/h5-6,8,10H,7H2,1-4H3/b6-5-,11-9+. The van der Waals surface area contributed by atoms with E-state index in [1.807, 2.05) is 20.0 Å². The quantitative estimate of drug-likeness (QED) is 0.614. The molecule has 0 fully saturated rings. The van der Waals surface area contributed by atoms with Gasteiger partial charge in [0.15, 0.2) is 0 Å². The number of aliphatic imine (C=N–C) groups is 1. The van der Waals surface area contributed by atoms with Crippen molar-refractivity contribution >= 4 is 5.71 Å². The monoisotopic (exact) mass is 154 g/mol. The maximum Gasteiger partial charge on any atom is 0.0885 e. The van der Waals surface area contributed by atoms with Crippen LogP contribution in [0.4, 0.5) is 0 Å². The summed E-state index contributed by atoms with van der Waals surface area (Å²) in [6, 6.07) is 0. The summed E-state index contributed by atoms with van der Waals surface area (Å²) in [6.45, 7) is 7.01. The minimum absolute atomic E-state index is 0.513. The second-order valence-electron chi connectivity index (χ2n) is 2.75. The molecule has 0 spiro atoms. The van der Waals surface area contributed by atoms with Crippen LogP contribution in [0.5, 0.6) is 0 Å². The summed E-state index contributed by atoms with van der Waals surface area (Å²) in [5, 5.41) is 2.99. The normalized spacial score (nSPS) is 13.4. The minimum Gasteiger partial charge on any atom is -0.301 e. The number of nitrogens with zero attached hydrogens (tertiary/aromatic N) is 1. The Morgan fingerprint density at radius 3 is 2.55 bits per heavy atom. The fraction of sp³-hybridized carbons (Fsp3) is 0.667. The smallest absolute Gasteiger partial charge is 0.0885 e. The molecule has 0 heterocycles. The summed E-state index contributed by atoms with van der Waals surface area (Å²) >= 11 is 0. The van der Waals surface area contributed by atoms with Gasteiger partial charge in [-0.05, 0) is 26.0 Å². The molecule has 11 heavy (non-hydrogen) atoms. The van der Waals surface area contributed by atoms with Crippen LogP contribution in [0.2, 0.25) is 0 Å². The van der Waals surface area contributed by atoms with Crippen LogP contribution in [0.1, 0.15) is 20.8 Å². The van der Waals surface area contributed by atoms with Gasteiger partial charge in [0.05, 0.1) is 6.67 Å². The molecule has 2 heteroatoms. The molecule has 1 N–H and O–H groups in total. The average molecular weight is 154 g/mol. The van der Waals surface area contributed by atoms with Gasteiger partial charge in [0.1, 0.15) is 0 Å². The van der Waals surface area contributed by atoms with Crippen molar-refractivity contribution < 1.29 is 0 Å². The molecule has 0 aliphatic heterocycles. The Morgan fingerprint density at radius 2 is 2.18 bits per heavy atom. The van der Waals surface area contributed by atoms with Crippen molar-refractivity contribution in [3.05, 3.63) is 12.2 Å². The van der Waals surface area contributed by atoms with Crippen molar-refractivity contribution in [1.29, 1.82) is 0 Å². The Kier molecular flexibility index (Phi) is 5.75. The van der Waals surface area contributed by atoms with E-state index in [4.69, 9.17) is 0 Å². The van der Waals surface area contributed by atoms with Crippen LogP contribution in [-0.4, -0.2) is 19.4 Å². The van der Waals surface area contributed by atoms with Gasteiger partial charge in [0.25, 0.3) is 0 Å². The van der Waals surface area contributed by atoms with Crippen LogP contribution in [-0.2, 0) is 0 Å². The van der Waals surface area contributed by atoms with Crippen LogP contribution in [0.3, 0.4) is 0 Å². The van der Waals surface area contributed by atoms with E-state index < -0.39 is 0 Å². The lowest BCUT2D eigenvalue weighted by molar-refractivity contribution is 0.808. The van der Waals surface area contributed by atoms with E-state index in [0.29, 0.717) is 12.6 Å². The number of hydrogen-bond donors (Lipinski definition) is 1. The topological polar surface area (TPSA) is 24.4 Å². The van der Waals surface area contributed by atoms with E-state index >= 15 is 0 Å². The number of nitrogens with one attached hydrogen (secondary N) is 1. The lowest BCUT2D eigenvalue weighted by Crippen LogP contribution is -2.11. The lowest BCUT2D eigenvalue weighted by Gasteiger charge is -2.04. The SMILES string of the molecule is C/C=C\C(=N/CNC)C(C)C. The Balaban J connectivity index is 4.08. The summed E-state index contributed by atoms with van der Waals surface area (Å²) in [7, 11) is 1.90. The van der Waals surface area contributed by atoms with Crippen LogP contribution in [0, 0.1) is 5.92 Å². The van der Waals surface area contributed by atoms with E-state index in [1.165, 1.54) is 0 Å². The molecule has 0 bridgehead atoms. The largest absolute Gasteiger partial charge is 0.301 e. The molecule has 0 aromatic rings. The van der Waals surface area contributed by atoms with Gasteiger partial charge in [-0.3, -0.25) is 4.99 Å². The van der Waals surface area contributed by atoms with Crippen molar-refractivity contribution in [3.63, 3.8) is 0 Å². The van der Waals surface area contributed by atoms with E-state index in [2.05, 4.69) is 30.2 Å². The highest BCUT2D eigenvalue weighted by Gasteiger charge is 1.98. The highest BCUT2D eigenvalue weighted by atomic mass is 15.0. The summed E-state index contributed by atoms with van der Waals surface area (Å²) in [4.78, 5) is 4.35. The first kappa shape index (κ1) is 10.4. The third-order valence-corrected chi connectivity index (χ3v) is 1.35. The first-order chi connectivity index (χ1) is 5.22. The molecule has 0 aliphatic rings. The van der Waals surface area contributed by atoms with E-state index in [9.17, 15) is 0 Å². The molecular formula is C9H18N2. The third-order valence-electron chi connectivity index (χ3n) is 1.35. The van der Waals surface area contributed by atoms with Gasteiger partial charge in [-0.1, -0.05) is 19.9 Å². The molecule has 0 aliphatic carbocycles. The van der Waals surface area contributed by atoms with Crippen molar-refractivity contribution in [1.82, 2.24) is 5.32 Å². The highest BCUT2D eigenvalue weighted by molar-refractivity contribution is 5.96. The Labute approximate surface area is 69.4 Å². The molecule has 0 radical (unpaired) electrons. The van der Waals surface area contributed by atoms with Crippen molar-refractivity contribution in [2.45, 2.75) is 20.8 Å². The van der Waals surface area contributed by atoms with Gasteiger partial charge in [-0.15, -0.1) is 0 Å². The number of hydrogen-bond acceptors (Lipinski definition) is 2. The molecule has 0 aromatic carbocycles. The predicted molar refractivity (Wildman–Crippen MR) is 51.0 cm³/mol. The van der Waals surface area contributed by atoms with Gasteiger partial charge in [0.2, 0.25) is 0 Å². The predicted octanol–water partition coefficient (Wildman–Crippen LogP) is 1.84. The number of rotatable bonds is 4. The van der Waals surface area contributed by atoms with Crippen LogP contribution >= 0.6 is 0 Å². The molecule has 0 aromatic heterocycles. The Hall–Kier alpha value is -0.630. The third kappa shape index (κ3) is 4.73. The molecule has 0 unspecified atom stereocenters. The van der Waals surface area contributed by atoms with E-state index in [-0.39, 0.29) is 0 Å². The van der Waals surface area contributed by atoms with E-state index in [0.717, 1.165) is 5.71 Å². The van der Waals surface area contributed by atoms with Gasteiger partial charge in [0, 0.05) is 5.71 Å². The van der Waals surface area contributed by atoms with Crippen LogP contribution < -0.4 is 5.32 Å². The fourth-order valence-electron chi connectivity index (χ4n) is 0.769. The molecule has 0 atom stereocenters. The maximum atomic E-state index is 4.35. The number of allylic oxidation sites excluding steroid dienone is 2. The second-order valence-corrected chi connectivity index (χ2v) is 2.75. The Morgan fingerprint density at radius 1 is 1.55 bits per heavy atom. The van der Waals surface area contributed by atoms with Crippen LogP contribution in [0.25, 0.3) is 0 Å². The molecular weight excluding hydrogens is 136 g/mol. The first-order valence-corrected chi connectivity index (χ1v) is 4.04. The van der Waals surface area contributed by atoms with Crippen LogP contribution in [0.15, 0.2) is 17.1 Å². The summed E-state index contributed by atoms with van der Waals surface area (Å²) in [5.74, 6) is 0.513. The summed E-state index contributed by atoms with van der Waals surface area (Å²) in [6.07, 6.45) is 4.08.